The molecule has 0 amide bonds. The molecule has 0 aromatic rings. The van der Waals surface area contributed by atoms with Crippen LogP contribution >= 0.6 is 0 Å². The summed E-state index contributed by atoms with van der Waals surface area (Å²) in [6.07, 6.45) is 1.34. The smallest absolute Gasteiger partial charge is 0.0616 e. The Kier molecular flexibility index (Phi) is 3.34. The van der Waals surface area contributed by atoms with Crippen LogP contribution in [0.15, 0.2) is 0 Å². The van der Waals surface area contributed by atoms with Crippen molar-refractivity contribution in [3.8, 4) is 0 Å². The summed E-state index contributed by atoms with van der Waals surface area (Å²) in [4.78, 5) is 0. The summed E-state index contributed by atoms with van der Waals surface area (Å²) in [5, 5.41) is 3.51. The summed E-state index contributed by atoms with van der Waals surface area (Å²) < 4.78 is 5.30. The molecule has 3 atom stereocenters. The minimum atomic E-state index is 0.518. The summed E-state index contributed by atoms with van der Waals surface area (Å²) in [5.41, 5.74) is 0. The average Bonchev–Trinajstić information content (AvgIpc) is 2.62. The van der Waals surface area contributed by atoms with Crippen LogP contribution in [-0.2, 0) is 4.74 Å². The molecule has 66 valence electrons. The first-order chi connectivity index (χ1) is 5.24. The van der Waals surface area contributed by atoms with E-state index in [-0.39, 0.29) is 0 Å². The van der Waals surface area contributed by atoms with Crippen molar-refractivity contribution in [2.45, 2.75) is 39.3 Å². The van der Waals surface area contributed by atoms with Gasteiger partial charge in [0.2, 0.25) is 0 Å². The fourth-order valence-electron chi connectivity index (χ4n) is 1.26. The lowest BCUT2D eigenvalue weighted by Gasteiger charge is -2.12. The second-order valence-electron chi connectivity index (χ2n) is 3.55. The van der Waals surface area contributed by atoms with Gasteiger partial charge in [-0.3, -0.25) is 0 Å². The van der Waals surface area contributed by atoms with E-state index in [0.29, 0.717) is 6.04 Å². The van der Waals surface area contributed by atoms with Crippen molar-refractivity contribution in [3.05, 3.63) is 0 Å². The van der Waals surface area contributed by atoms with Crippen molar-refractivity contribution >= 4 is 0 Å². The van der Waals surface area contributed by atoms with Gasteiger partial charge in [0, 0.05) is 18.7 Å². The van der Waals surface area contributed by atoms with Gasteiger partial charge in [-0.05, 0) is 26.2 Å². The highest BCUT2D eigenvalue weighted by atomic mass is 16.5. The normalized spacial score (nSPS) is 31.9. The molecule has 0 radical (unpaired) electrons. The third-order valence-electron chi connectivity index (χ3n) is 2.18. The maximum Gasteiger partial charge on any atom is 0.0616 e. The number of nitrogens with one attached hydrogen (secondary N) is 1. The first-order valence-electron chi connectivity index (χ1n) is 4.57. The first-order valence-corrected chi connectivity index (χ1v) is 4.57. The maximum atomic E-state index is 5.30. The lowest BCUT2D eigenvalue weighted by atomic mass is 10.3. The zero-order chi connectivity index (χ0) is 8.27. The molecule has 1 saturated carbocycles. The molecule has 0 aromatic heterocycles. The Bertz CT molecular complexity index is 116. The van der Waals surface area contributed by atoms with Crippen molar-refractivity contribution in [3.63, 3.8) is 0 Å². The third kappa shape index (κ3) is 3.21. The van der Waals surface area contributed by atoms with Gasteiger partial charge >= 0.3 is 0 Å². The Morgan fingerprint density at radius 1 is 1.64 bits per heavy atom. The lowest BCUT2D eigenvalue weighted by Crippen LogP contribution is -2.33. The summed E-state index contributed by atoms with van der Waals surface area (Å²) in [6, 6.07) is 1.29. The molecule has 0 aromatic carbocycles. The summed E-state index contributed by atoms with van der Waals surface area (Å²) >= 11 is 0. The van der Waals surface area contributed by atoms with Crippen molar-refractivity contribution in [1.29, 1.82) is 0 Å². The van der Waals surface area contributed by atoms with Crippen LogP contribution in [0.3, 0.4) is 0 Å². The van der Waals surface area contributed by atoms with E-state index in [1.807, 2.05) is 6.92 Å². The second kappa shape index (κ2) is 4.07. The molecule has 1 fully saturated rings. The first kappa shape index (κ1) is 9.01. The fraction of sp³-hybridized carbons (Fsp3) is 1.00. The van der Waals surface area contributed by atoms with Crippen LogP contribution < -0.4 is 5.32 Å². The standard InChI is InChI=1S/C9H19NO/c1-4-11-6-8(3)10-9-5-7(9)2/h7-10H,4-6H2,1-3H3. The van der Waals surface area contributed by atoms with Crippen molar-refractivity contribution in [2.75, 3.05) is 13.2 Å². The largest absolute Gasteiger partial charge is 0.380 e. The van der Waals surface area contributed by atoms with E-state index in [2.05, 4.69) is 19.2 Å². The molecule has 2 heteroatoms. The lowest BCUT2D eigenvalue weighted by molar-refractivity contribution is 0.126. The molecule has 1 N–H and O–H groups in total. The van der Waals surface area contributed by atoms with Gasteiger partial charge in [0.05, 0.1) is 6.61 Å². The van der Waals surface area contributed by atoms with Crippen LogP contribution in [-0.4, -0.2) is 25.3 Å². The van der Waals surface area contributed by atoms with E-state index in [1.165, 1.54) is 6.42 Å². The van der Waals surface area contributed by atoms with Crippen LogP contribution in [0.2, 0.25) is 0 Å². The molecule has 1 rings (SSSR count). The Hall–Kier alpha value is -0.0800. The fourth-order valence-corrected chi connectivity index (χ4v) is 1.26. The van der Waals surface area contributed by atoms with Gasteiger partial charge in [0.15, 0.2) is 0 Å². The van der Waals surface area contributed by atoms with E-state index in [0.717, 1.165) is 25.2 Å². The molecule has 0 heterocycles. The van der Waals surface area contributed by atoms with E-state index in [9.17, 15) is 0 Å². The number of rotatable bonds is 5. The Morgan fingerprint density at radius 2 is 2.27 bits per heavy atom. The maximum absolute atomic E-state index is 5.30. The molecule has 2 nitrogen and oxygen atoms in total. The highest BCUT2D eigenvalue weighted by molar-refractivity contribution is 4.90. The van der Waals surface area contributed by atoms with Gasteiger partial charge in [-0.15, -0.1) is 0 Å². The van der Waals surface area contributed by atoms with Crippen LogP contribution in [0.5, 0.6) is 0 Å². The predicted octanol–water partition coefficient (Wildman–Crippen LogP) is 1.41. The highest BCUT2D eigenvalue weighted by Crippen LogP contribution is 2.29. The Labute approximate surface area is 69.3 Å². The van der Waals surface area contributed by atoms with Gasteiger partial charge in [0.1, 0.15) is 0 Å². The molecule has 0 spiro atoms. The van der Waals surface area contributed by atoms with E-state index < -0.39 is 0 Å². The average molecular weight is 157 g/mol. The summed E-state index contributed by atoms with van der Waals surface area (Å²) in [5.74, 6) is 0.888. The van der Waals surface area contributed by atoms with E-state index >= 15 is 0 Å². The Morgan fingerprint density at radius 3 is 2.73 bits per heavy atom. The van der Waals surface area contributed by atoms with Gasteiger partial charge in [-0.25, -0.2) is 0 Å². The van der Waals surface area contributed by atoms with Gasteiger partial charge < -0.3 is 10.1 Å². The molecule has 1 aliphatic rings. The van der Waals surface area contributed by atoms with Gasteiger partial charge in [-0.2, -0.15) is 0 Å². The molecule has 0 aliphatic heterocycles. The SMILES string of the molecule is CCOCC(C)NC1CC1C. The second-order valence-corrected chi connectivity index (χ2v) is 3.55. The molecule has 3 unspecified atom stereocenters. The van der Waals surface area contributed by atoms with Gasteiger partial charge in [0.25, 0.3) is 0 Å². The van der Waals surface area contributed by atoms with Crippen molar-refractivity contribution in [1.82, 2.24) is 5.32 Å². The zero-order valence-corrected chi connectivity index (χ0v) is 7.76. The van der Waals surface area contributed by atoms with Crippen LogP contribution in [0.4, 0.5) is 0 Å². The summed E-state index contributed by atoms with van der Waals surface area (Å²) in [6.45, 7) is 8.17. The minimum absolute atomic E-state index is 0.518. The Balaban J connectivity index is 1.97. The van der Waals surface area contributed by atoms with Crippen molar-refractivity contribution in [2.24, 2.45) is 5.92 Å². The predicted molar refractivity (Wildman–Crippen MR) is 46.7 cm³/mol. The molecular formula is C9H19NO. The monoisotopic (exact) mass is 157 g/mol. The number of hydrogen-bond donors (Lipinski definition) is 1. The molecule has 11 heavy (non-hydrogen) atoms. The quantitative estimate of drug-likeness (QED) is 0.651. The van der Waals surface area contributed by atoms with Crippen LogP contribution in [0, 0.1) is 5.92 Å². The van der Waals surface area contributed by atoms with E-state index in [4.69, 9.17) is 4.74 Å². The number of hydrogen-bond acceptors (Lipinski definition) is 2. The van der Waals surface area contributed by atoms with E-state index in [1.54, 1.807) is 0 Å². The third-order valence-corrected chi connectivity index (χ3v) is 2.18. The molecule has 0 saturated heterocycles. The molecule has 0 bridgehead atoms. The van der Waals surface area contributed by atoms with Crippen LogP contribution in [0.1, 0.15) is 27.2 Å². The number of ether oxygens (including phenoxy) is 1. The van der Waals surface area contributed by atoms with Crippen LogP contribution in [0.25, 0.3) is 0 Å². The molecule has 1 aliphatic carbocycles. The zero-order valence-electron chi connectivity index (χ0n) is 7.76. The molecular weight excluding hydrogens is 138 g/mol. The summed E-state index contributed by atoms with van der Waals surface area (Å²) in [7, 11) is 0. The highest BCUT2D eigenvalue weighted by Gasteiger charge is 2.32. The topological polar surface area (TPSA) is 21.3 Å². The van der Waals surface area contributed by atoms with Gasteiger partial charge in [-0.1, -0.05) is 6.92 Å². The van der Waals surface area contributed by atoms with Crippen molar-refractivity contribution < 1.29 is 4.74 Å². The minimum Gasteiger partial charge on any atom is -0.380 e.